The first-order valence-corrected chi connectivity index (χ1v) is 13.2. The minimum Gasteiger partial charge on any atom is -0.493 e. The number of methoxy groups -OCH3 is 1. The second-order valence-corrected chi connectivity index (χ2v) is 10.3. The quantitative estimate of drug-likeness (QED) is 0.346. The number of hydrogen-bond acceptors (Lipinski definition) is 6. The highest BCUT2D eigenvalue weighted by atomic mass is 32.2. The van der Waals surface area contributed by atoms with Gasteiger partial charge in [-0.15, -0.1) is 0 Å². The molecule has 8 nitrogen and oxygen atoms in total. The number of carbonyl (C=O) groups excluding carboxylic acids is 1. The summed E-state index contributed by atoms with van der Waals surface area (Å²) >= 11 is 0. The van der Waals surface area contributed by atoms with Crippen LogP contribution in [0.4, 0.5) is 0 Å². The maximum absolute atomic E-state index is 12.9. The van der Waals surface area contributed by atoms with E-state index >= 15 is 0 Å². The van der Waals surface area contributed by atoms with E-state index in [0.29, 0.717) is 36.8 Å². The van der Waals surface area contributed by atoms with Gasteiger partial charge < -0.3 is 9.47 Å². The van der Waals surface area contributed by atoms with Crippen LogP contribution in [-0.2, 0) is 16.6 Å². The van der Waals surface area contributed by atoms with Gasteiger partial charge in [-0.05, 0) is 60.4 Å². The number of sulfonamides is 1. The van der Waals surface area contributed by atoms with Crippen molar-refractivity contribution < 1.29 is 22.7 Å². The molecule has 1 aliphatic heterocycles. The average Bonchev–Trinajstić information content (AvgIpc) is 2.93. The largest absolute Gasteiger partial charge is 0.493 e. The maximum atomic E-state index is 12.9. The van der Waals surface area contributed by atoms with Gasteiger partial charge in [0.1, 0.15) is 6.61 Å². The van der Waals surface area contributed by atoms with Gasteiger partial charge in [0, 0.05) is 18.7 Å². The lowest BCUT2D eigenvalue weighted by molar-refractivity contribution is 0.0955. The van der Waals surface area contributed by atoms with Gasteiger partial charge in [-0.1, -0.05) is 42.8 Å². The molecule has 3 aromatic carbocycles. The zero-order chi connectivity index (χ0) is 25.4. The van der Waals surface area contributed by atoms with Crippen LogP contribution in [0.1, 0.15) is 40.7 Å². The molecule has 4 rings (SSSR count). The number of ether oxygens (including phenoxy) is 2. The van der Waals surface area contributed by atoms with Crippen LogP contribution in [0.5, 0.6) is 11.5 Å². The van der Waals surface area contributed by atoms with Crippen LogP contribution in [-0.4, -0.2) is 45.0 Å². The summed E-state index contributed by atoms with van der Waals surface area (Å²) in [6.45, 7) is 1.38. The number of piperidine rings is 1. The molecular formula is C27H29N3O5S. The Hall–Kier alpha value is -3.69. The lowest BCUT2D eigenvalue weighted by atomic mass is 10.2. The predicted octanol–water partition coefficient (Wildman–Crippen LogP) is 4.21. The van der Waals surface area contributed by atoms with Gasteiger partial charge in [0.15, 0.2) is 11.5 Å². The fourth-order valence-electron chi connectivity index (χ4n) is 3.90. The molecule has 1 amide bonds. The predicted molar refractivity (Wildman–Crippen MR) is 138 cm³/mol. The van der Waals surface area contributed by atoms with E-state index in [1.165, 1.54) is 22.7 Å². The van der Waals surface area contributed by atoms with Crippen molar-refractivity contribution in [1.82, 2.24) is 9.73 Å². The molecule has 1 fully saturated rings. The number of benzene rings is 3. The average molecular weight is 508 g/mol. The number of amides is 1. The van der Waals surface area contributed by atoms with Crippen LogP contribution in [0.15, 0.2) is 82.8 Å². The lowest BCUT2D eigenvalue weighted by Crippen LogP contribution is -2.35. The lowest BCUT2D eigenvalue weighted by Gasteiger charge is -2.25. The Kier molecular flexibility index (Phi) is 8.35. The molecule has 36 heavy (non-hydrogen) atoms. The number of hydrogen-bond donors (Lipinski definition) is 1. The van der Waals surface area contributed by atoms with E-state index in [4.69, 9.17) is 9.47 Å². The first kappa shape index (κ1) is 25.4. The summed E-state index contributed by atoms with van der Waals surface area (Å²) in [6.07, 6.45) is 4.21. The molecular weight excluding hydrogens is 478 g/mol. The van der Waals surface area contributed by atoms with Crippen LogP contribution in [0, 0.1) is 0 Å². The molecule has 3 aromatic rings. The molecule has 188 valence electrons. The summed E-state index contributed by atoms with van der Waals surface area (Å²) in [5, 5.41) is 4.03. The third kappa shape index (κ3) is 6.30. The first-order chi connectivity index (χ1) is 17.5. The number of nitrogens with zero attached hydrogens (tertiary/aromatic N) is 2. The summed E-state index contributed by atoms with van der Waals surface area (Å²) < 4.78 is 38.6. The normalized spacial score (nSPS) is 14.5. The third-order valence-corrected chi connectivity index (χ3v) is 7.75. The molecule has 0 saturated carbocycles. The molecule has 0 radical (unpaired) electrons. The molecule has 0 aromatic heterocycles. The zero-order valence-electron chi connectivity index (χ0n) is 20.1. The number of hydrazone groups is 1. The Morgan fingerprint density at radius 3 is 2.50 bits per heavy atom. The number of carbonyl (C=O) groups is 1. The zero-order valence-corrected chi connectivity index (χ0v) is 20.9. The van der Waals surface area contributed by atoms with Gasteiger partial charge in [-0.25, -0.2) is 13.8 Å². The van der Waals surface area contributed by atoms with Crippen molar-refractivity contribution in [1.29, 1.82) is 0 Å². The molecule has 1 heterocycles. The SMILES string of the molecule is COc1ccc(/C=N\NC(=O)c2cccc(S(=O)(=O)N3CCCCC3)c2)cc1OCc1ccccc1. The fraction of sp³-hybridized carbons (Fsp3) is 0.259. The second-order valence-electron chi connectivity index (χ2n) is 8.38. The van der Waals surface area contributed by atoms with E-state index in [9.17, 15) is 13.2 Å². The highest BCUT2D eigenvalue weighted by Crippen LogP contribution is 2.28. The Bertz CT molecular complexity index is 1320. The van der Waals surface area contributed by atoms with Crippen molar-refractivity contribution in [3.63, 3.8) is 0 Å². The molecule has 0 aliphatic carbocycles. The summed E-state index contributed by atoms with van der Waals surface area (Å²) in [7, 11) is -2.06. The van der Waals surface area contributed by atoms with Crippen molar-refractivity contribution in [2.75, 3.05) is 20.2 Å². The molecule has 0 atom stereocenters. The highest BCUT2D eigenvalue weighted by Gasteiger charge is 2.26. The van der Waals surface area contributed by atoms with Crippen molar-refractivity contribution >= 4 is 22.1 Å². The molecule has 1 N–H and O–H groups in total. The maximum Gasteiger partial charge on any atom is 0.271 e. The van der Waals surface area contributed by atoms with Crippen LogP contribution >= 0.6 is 0 Å². The Morgan fingerprint density at radius 2 is 1.75 bits per heavy atom. The topological polar surface area (TPSA) is 97.3 Å². The van der Waals surface area contributed by atoms with Crippen molar-refractivity contribution in [2.45, 2.75) is 30.8 Å². The first-order valence-electron chi connectivity index (χ1n) is 11.8. The Labute approximate surface area is 211 Å². The van der Waals surface area contributed by atoms with Gasteiger partial charge in [-0.2, -0.15) is 9.41 Å². The van der Waals surface area contributed by atoms with Gasteiger partial charge in [0.05, 0.1) is 18.2 Å². The summed E-state index contributed by atoms with van der Waals surface area (Å²) in [4.78, 5) is 12.7. The van der Waals surface area contributed by atoms with Gasteiger partial charge >= 0.3 is 0 Å². The van der Waals surface area contributed by atoms with E-state index < -0.39 is 15.9 Å². The third-order valence-electron chi connectivity index (χ3n) is 5.85. The summed E-state index contributed by atoms with van der Waals surface area (Å²) in [5.74, 6) is 0.627. The molecule has 0 unspecified atom stereocenters. The monoisotopic (exact) mass is 507 g/mol. The van der Waals surface area contributed by atoms with Gasteiger partial charge in [-0.3, -0.25) is 4.79 Å². The summed E-state index contributed by atoms with van der Waals surface area (Å²) in [5.41, 5.74) is 4.39. The number of rotatable bonds is 9. The second kappa shape index (κ2) is 11.8. The van der Waals surface area contributed by atoms with Crippen LogP contribution in [0.3, 0.4) is 0 Å². The van der Waals surface area contributed by atoms with E-state index in [1.54, 1.807) is 37.4 Å². The molecule has 1 aliphatic rings. The van der Waals surface area contributed by atoms with Crippen LogP contribution in [0.25, 0.3) is 0 Å². The Balaban J connectivity index is 1.42. The minimum absolute atomic E-state index is 0.108. The van der Waals surface area contributed by atoms with Gasteiger partial charge in [0.25, 0.3) is 5.91 Å². The van der Waals surface area contributed by atoms with Crippen LogP contribution < -0.4 is 14.9 Å². The molecule has 1 saturated heterocycles. The van der Waals surface area contributed by atoms with Gasteiger partial charge in [0.2, 0.25) is 10.0 Å². The Morgan fingerprint density at radius 1 is 0.972 bits per heavy atom. The fourth-order valence-corrected chi connectivity index (χ4v) is 5.47. The van der Waals surface area contributed by atoms with Crippen molar-refractivity contribution in [3.05, 3.63) is 89.5 Å². The minimum atomic E-state index is -3.63. The van der Waals surface area contributed by atoms with E-state index in [1.807, 2.05) is 30.3 Å². The smallest absolute Gasteiger partial charge is 0.271 e. The molecule has 9 heteroatoms. The standard InChI is InChI=1S/C27H29N3O5S/c1-34-25-14-13-22(17-26(25)35-20-21-9-4-2-5-10-21)19-28-29-27(31)23-11-8-12-24(18-23)36(32,33)30-15-6-3-7-16-30/h2,4-5,8-14,17-19H,3,6-7,15-16,20H2,1H3,(H,29,31)/b28-19-. The number of nitrogens with one attached hydrogen (secondary N) is 1. The molecule has 0 spiro atoms. The highest BCUT2D eigenvalue weighted by molar-refractivity contribution is 7.89. The van der Waals surface area contributed by atoms with E-state index in [2.05, 4.69) is 10.5 Å². The van der Waals surface area contributed by atoms with E-state index in [0.717, 1.165) is 24.8 Å². The molecule has 0 bridgehead atoms. The van der Waals surface area contributed by atoms with Crippen molar-refractivity contribution in [3.8, 4) is 11.5 Å². The van der Waals surface area contributed by atoms with Crippen LogP contribution in [0.2, 0.25) is 0 Å². The van der Waals surface area contributed by atoms with E-state index in [-0.39, 0.29) is 10.5 Å². The van der Waals surface area contributed by atoms with Crippen molar-refractivity contribution in [2.24, 2.45) is 5.10 Å². The summed E-state index contributed by atoms with van der Waals surface area (Å²) in [6, 6.07) is 21.1.